The number of rotatable bonds is 8. The Morgan fingerprint density at radius 2 is 2.03 bits per heavy atom. The number of fused-ring (bicyclic) bond motifs is 3. The van der Waals surface area contributed by atoms with Crippen molar-refractivity contribution >= 4 is 43.4 Å². The van der Waals surface area contributed by atoms with E-state index in [-0.39, 0.29) is 17.7 Å². The number of nitro benzene ring substituents is 1. The molecule has 0 saturated heterocycles. The summed E-state index contributed by atoms with van der Waals surface area (Å²) in [5.41, 5.74) is 2.23. The number of aromatic nitrogens is 3. The van der Waals surface area contributed by atoms with Gasteiger partial charge in [-0.2, -0.15) is 0 Å². The van der Waals surface area contributed by atoms with Crippen LogP contribution in [0, 0.1) is 10.1 Å². The van der Waals surface area contributed by atoms with Crippen LogP contribution in [0.2, 0.25) is 5.02 Å². The van der Waals surface area contributed by atoms with Gasteiger partial charge in [0.25, 0.3) is 5.69 Å². The third-order valence-electron chi connectivity index (χ3n) is 4.98. The van der Waals surface area contributed by atoms with Gasteiger partial charge in [-0.15, -0.1) is 10.2 Å². The van der Waals surface area contributed by atoms with Crippen molar-refractivity contribution < 1.29 is 19.2 Å². The molecular formula is C20H19ClN5O5PS. The summed E-state index contributed by atoms with van der Waals surface area (Å²) in [6.45, 7) is 2.03. The molecule has 172 valence electrons. The zero-order valence-corrected chi connectivity index (χ0v) is 19.8. The maximum Gasteiger partial charge on any atom is 0.327 e. The van der Waals surface area contributed by atoms with Crippen molar-refractivity contribution in [3.8, 4) is 5.69 Å². The Hall–Kier alpha value is -2.40. The molecule has 0 bridgehead atoms. The summed E-state index contributed by atoms with van der Waals surface area (Å²) in [6, 6.07) is 11.4. The predicted molar refractivity (Wildman–Crippen MR) is 126 cm³/mol. The summed E-state index contributed by atoms with van der Waals surface area (Å²) < 4.78 is 6.67. The summed E-state index contributed by atoms with van der Waals surface area (Å²) in [6.07, 6.45) is 1.49. The number of thioether (sulfide) groups is 1. The van der Waals surface area contributed by atoms with Crippen LogP contribution in [0.15, 0.2) is 52.6 Å². The summed E-state index contributed by atoms with van der Waals surface area (Å²) in [4.78, 5) is 34.2. The van der Waals surface area contributed by atoms with Crippen molar-refractivity contribution in [3.05, 3.63) is 74.6 Å². The molecule has 1 aromatic heterocycles. The lowest BCUT2D eigenvalue weighted by Gasteiger charge is -2.14. The topological polar surface area (TPSA) is 136 Å². The van der Waals surface area contributed by atoms with E-state index in [0.717, 1.165) is 18.2 Å². The molecule has 0 fully saturated rings. The van der Waals surface area contributed by atoms with Gasteiger partial charge in [0.05, 0.1) is 16.3 Å². The highest BCUT2D eigenvalue weighted by molar-refractivity contribution is 7.99. The number of nitrogens with zero attached hydrogens (tertiary/aromatic N) is 5. The van der Waals surface area contributed by atoms with Gasteiger partial charge in [0.15, 0.2) is 11.0 Å². The van der Waals surface area contributed by atoms with Gasteiger partial charge >= 0.3 is 8.60 Å². The molecule has 3 aromatic rings. The molecular weight excluding hydrogens is 489 g/mol. The third kappa shape index (κ3) is 4.93. The van der Waals surface area contributed by atoms with Gasteiger partial charge in [0, 0.05) is 28.3 Å². The van der Waals surface area contributed by atoms with Crippen LogP contribution in [0.1, 0.15) is 42.8 Å². The lowest BCUT2D eigenvalue weighted by molar-refractivity contribution is -0.384. The van der Waals surface area contributed by atoms with Crippen LogP contribution in [0.4, 0.5) is 5.69 Å². The SMILES string of the molecule is CCC[C@@H]1N=C(c2ccccc2Cl)c2cc([N+](=O)[O-])ccc2-n2c(SCOP(O)O)nnc21. The van der Waals surface area contributed by atoms with E-state index in [1.807, 2.05) is 25.1 Å². The first-order valence-corrected chi connectivity index (χ1v) is 12.4. The maximum absolute atomic E-state index is 11.6. The van der Waals surface area contributed by atoms with Crippen LogP contribution in [0.25, 0.3) is 5.69 Å². The molecule has 0 aliphatic carbocycles. The Labute approximate surface area is 199 Å². The van der Waals surface area contributed by atoms with Gasteiger partial charge in [0.1, 0.15) is 12.0 Å². The van der Waals surface area contributed by atoms with Crippen molar-refractivity contribution in [1.29, 1.82) is 0 Å². The Morgan fingerprint density at radius 1 is 1.24 bits per heavy atom. The summed E-state index contributed by atoms with van der Waals surface area (Å²) >= 11 is 7.63. The largest absolute Gasteiger partial charge is 0.328 e. The molecule has 2 heterocycles. The van der Waals surface area contributed by atoms with Crippen LogP contribution >= 0.6 is 32.0 Å². The highest BCUT2D eigenvalue weighted by Gasteiger charge is 2.30. The fourth-order valence-electron chi connectivity index (χ4n) is 3.58. The van der Waals surface area contributed by atoms with Gasteiger partial charge < -0.3 is 14.3 Å². The number of nitro groups is 1. The standard InChI is InChI=1S/C20H19ClN5O5PS/c1-2-5-16-19-23-24-20(33-11-31-32(29)30)25(19)17-9-8-12(26(27)28)10-14(17)18(22-16)13-6-3-4-7-15(13)21/h3-4,6-10,16,29-30H,2,5,11H2,1H3/t16-/m0/s1. The number of benzene rings is 2. The van der Waals surface area contributed by atoms with E-state index in [1.165, 1.54) is 12.1 Å². The minimum atomic E-state index is -2.51. The second kappa shape index (κ2) is 10.3. The second-order valence-corrected chi connectivity index (χ2v) is 9.10. The average molecular weight is 508 g/mol. The monoisotopic (exact) mass is 507 g/mol. The first-order valence-electron chi connectivity index (χ1n) is 9.91. The summed E-state index contributed by atoms with van der Waals surface area (Å²) in [7, 11) is -2.51. The van der Waals surface area contributed by atoms with Gasteiger partial charge in [-0.1, -0.05) is 54.9 Å². The molecule has 1 atom stereocenters. The van der Waals surface area contributed by atoms with Crippen LogP contribution in [0.3, 0.4) is 0 Å². The molecule has 4 rings (SSSR count). The number of halogens is 1. The third-order valence-corrected chi connectivity index (χ3v) is 6.60. The highest BCUT2D eigenvalue weighted by Crippen LogP contribution is 2.38. The minimum Gasteiger partial charge on any atom is -0.328 e. The van der Waals surface area contributed by atoms with Crippen LogP contribution in [0.5, 0.6) is 0 Å². The van der Waals surface area contributed by atoms with Crippen LogP contribution in [-0.2, 0) is 4.52 Å². The summed E-state index contributed by atoms with van der Waals surface area (Å²) in [5, 5.41) is 21.1. The lowest BCUT2D eigenvalue weighted by Crippen LogP contribution is -2.09. The molecule has 1 aliphatic heterocycles. The minimum absolute atomic E-state index is 0.0597. The van der Waals surface area contributed by atoms with E-state index < -0.39 is 13.5 Å². The molecule has 2 aromatic carbocycles. The first-order chi connectivity index (χ1) is 15.9. The molecule has 33 heavy (non-hydrogen) atoms. The van der Waals surface area contributed by atoms with Crippen molar-refractivity contribution in [3.63, 3.8) is 0 Å². The zero-order chi connectivity index (χ0) is 23.5. The predicted octanol–water partition coefficient (Wildman–Crippen LogP) is 4.80. The molecule has 2 N–H and O–H groups in total. The lowest BCUT2D eigenvalue weighted by atomic mass is 9.99. The van der Waals surface area contributed by atoms with Gasteiger partial charge in [-0.3, -0.25) is 19.7 Å². The first kappa shape index (κ1) is 23.7. The number of non-ortho nitro benzene ring substituents is 1. The van der Waals surface area contributed by atoms with E-state index in [9.17, 15) is 10.1 Å². The highest BCUT2D eigenvalue weighted by atomic mass is 35.5. The fourth-order valence-corrected chi connectivity index (χ4v) is 4.92. The Kier molecular flexibility index (Phi) is 7.38. The summed E-state index contributed by atoms with van der Waals surface area (Å²) in [5.74, 6) is 0.516. The number of aliphatic imine (C=N–C) groups is 1. The van der Waals surface area contributed by atoms with Crippen LogP contribution in [-0.4, -0.2) is 41.1 Å². The van der Waals surface area contributed by atoms with Gasteiger partial charge in [0.2, 0.25) is 0 Å². The Morgan fingerprint density at radius 3 is 2.73 bits per heavy atom. The molecule has 10 nitrogen and oxygen atoms in total. The normalized spacial score (nSPS) is 15.1. The average Bonchev–Trinajstić information content (AvgIpc) is 3.14. The molecule has 0 spiro atoms. The van der Waals surface area contributed by atoms with Gasteiger partial charge in [-0.25, -0.2) is 0 Å². The van der Waals surface area contributed by atoms with E-state index in [1.54, 1.807) is 16.7 Å². The zero-order valence-electron chi connectivity index (χ0n) is 17.3. The maximum atomic E-state index is 11.6. The van der Waals surface area contributed by atoms with Gasteiger partial charge in [-0.05, 0) is 18.6 Å². The molecule has 13 heteroatoms. The fraction of sp³-hybridized carbons (Fsp3) is 0.250. The van der Waals surface area contributed by atoms with Crippen LogP contribution < -0.4 is 0 Å². The quantitative estimate of drug-likeness (QED) is 0.146. The van der Waals surface area contributed by atoms with Crippen molar-refractivity contribution in [2.45, 2.75) is 31.0 Å². The number of hydrogen-bond acceptors (Lipinski definition) is 9. The Bertz CT molecular complexity index is 1220. The smallest absolute Gasteiger partial charge is 0.327 e. The van der Waals surface area contributed by atoms with E-state index in [0.29, 0.717) is 45.0 Å². The molecule has 0 saturated carbocycles. The molecule has 0 unspecified atom stereocenters. The van der Waals surface area contributed by atoms with E-state index in [4.69, 9.17) is 30.9 Å². The molecule has 1 aliphatic rings. The molecule has 0 amide bonds. The van der Waals surface area contributed by atoms with E-state index >= 15 is 0 Å². The number of hydrogen-bond donors (Lipinski definition) is 2. The van der Waals surface area contributed by atoms with E-state index in [2.05, 4.69) is 10.2 Å². The van der Waals surface area contributed by atoms with Crippen molar-refractivity contribution in [2.24, 2.45) is 4.99 Å². The second-order valence-electron chi connectivity index (χ2n) is 7.04. The Balaban J connectivity index is 1.95. The van der Waals surface area contributed by atoms with Crippen molar-refractivity contribution in [1.82, 2.24) is 14.8 Å². The molecule has 0 radical (unpaired) electrons. The van der Waals surface area contributed by atoms with Crippen molar-refractivity contribution in [2.75, 3.05) is 5.94 Å².